The third-order valence-corrected chi connectivity index (χ3v) is 4.24. The van der Waals surface area contributed by atoms with E-state index in [1.165, 1.54) is 6.42 Å². The largest absolute Gasteiger partial charge is 0.366 e. The van der Waals surface area contributed by atoms with E-state index in [0.717, 1.165) is 24.1 Å². The van der Waals surface area contributed by atoms with Gasteiger partial charge in [0.05, 0.1) is 4.92 Å². The Morgan fingerprint density at radius 3 is 2.79 bits per heavy atom. The summed E-state index contributed by atoms with van der Waals surface area (Å²) in [5.41, 5.74) is 2.01. The van der Waals surface area contributed by atoms with Crippen LogP contribution in [0.2, 0.25) is 0 Å². The van der Waals surface area contributed by atoms with Crippen molar-refractivity contribution in [1.29, 1.82) is 0 Å². The summed E-state index contributed by atoms with van der Waals surface area (Å²) in [5, 5.41) is 10.8. The van der Waals surface area contributed by atoms with Gasteiger partial charge in [0.15, 0.2) is 0 Å². The molecular formula is C14H19ClN2O2. The topological polar surface area (TPSA) is 46.4 Å². The Kier molecular flexibility index (Phi) is 4.30. The molecule has 0 radical (unpaired) electrons. The zero-order valence-electron chi connectivity index (χ0n) is 11.3. The lowest BCUT2D eigenvalue weighted by Gasteiger charge is -2.31. The number of benzene rings is 1. The molecule has 1 fully saturated rings. The highest BCUT2D eigenvalue weighted by atomic mass is 35.5. The number of halogens is 1. The molecule has 2 atom stereocenters. The fourth-order valence-corrected chi connectivity index (χ4v) is 3.17. The predicted octanol–water partition coefficient (Wildman–Crippen LogP) is 4.10. The number of hydrogen-bond donors (Lipinski definition) is 0. The molecule has 1 heterocycles. The molecule has 1 aliphatic rings. The highest BCUT2D eigenvalue weighted by Crippen LogP contribution is 2.36. The van der Waals surface area contributed by atoms with Crippen LogP contribution in [0.1, 0.15) is 38.7 Å². The summed E-state index contributed by atoms with van der Waals surface area (Å²) in [5.74, 6) is 0.302. The molecule has 5 heteroatoms. The summed E-state index contributed by atoms with van der Waals surface area (Å²) >= 11 is 5.98. The van der Waals surface area contributed by atoms with E-state index in [-0.39, 0.29) is 10.6 Å². The van der Waals surface area contributed by atoms with Gasteiger partial charge in [0.1, 0.15) is 0 Å². The normalized spacial score (nSPS) is 22.8. The summed E-state index contributed by atoms with van der Waals surface area (Å²) in [7, 11) is 0. The van der Waals surface area contributed by atoms with Crippen LogP contribution in [0.3, 0.4) is 0 Å². The van der Waals surface area contributed by atoms with Gasteiger partial charge in [0.25, 0.3) is 5.69 Å². The molecule has 19 heavy (non-hydrogen) atoms. The Morgan fingerprint density at radius 1 is 1.47 bits per heavy atom. The first-order valence-electron chi connectivity index (χ1n) is 6.70. The first-order valence-corrected chi connectivity index (χ1v) is 7.23. The van der Waals surface area contributed by atoms with Gasteiger partial charge in [-0.2, -0.15) is 0 Å². The minimum atomic E-state index is -0.370. The quantitative estimate of drug-likeness (QED) is 0.474. The number of nitro groups is 1. The second-order valence-corrected chi connectivity index (χ2v) is 5.37. The van der Waals surface area contributed by atoms with Crippen molar-refractivity contribution in [1.82, 2.24) is 0 Å². The Labute approximate surface area is 118 Å². The lowest BCUT2D eigenvalue weighted by molar-refractivity contribution is -0.384. The standard InChI is InChI=1S/C14H19ClN2O2/c1-3-12-5-4-10(2)16(12)14-7-6-13(17(18)19)8-11(14)9-15/h6-8,10,12H,3-5,9H2,1-2H3. The van der Waals surface area contributed by atoms with Gasteiger partial charge in [-0.25, -0.2) is 0 Å². The molecule has 0 aliphatic carbocycles. The zero-order chi connectivity index (χ0) is 14.0. The van der Waals surface area contributed by atoms with Crippen LogP contribution >= 0.6 is 11.6 Å². The Hall–Kier alpha value is -1.29. The summed E-state index contributed by atoms with van der Waals surface area (Å²) in [6.07, 6.45) is 3.43. The van der Waals surface area contributed by atoms with Gasteiger partial charge in [0.2, 0.25) is 0 Å². The molecule has 1 aliphatic heterocycles. The average Bonchev–Trinajstić information content (AvgIpc) is 2.78. The molecule has 1 saturated heterocycles. The number of alkyl halides is 1. The van der Waals surface area contributed by atoms with Crippen molar-refractivity contribution in [2.24, 2.45) is 0 Å². The number of non-ortho nitro benzene ring substituents is 1. The molecule has 2 rings (SSSR count). The lowest BCUT2D eigenvalue weighted by atomic mass is 10.1. The molecule has 104 valence electrons. The molecule has 1 aromatic rings. The third-order valence-electron chi connectivity index (χ3n) is 3.95. The van der Waals surface area contributed by atoms with E-state index in [2.05, 4.69) is 18.7 Å². The Morgan fingerprint density at radius 2 is 2.21 bits per heavy atom. The van der Waals surface area contributed by atoms with Gasteiger partial charge in [0, 0.05) is 35.8 Å². The van der Waals surface area contributed by atoms with E-state index in [1.807, 2.05) is 6.07 Å². The maximum atomic E-state index is 10.8. The van der Waals surface area contributed by atoms with E-state index in [9.17, 15) is 10.1 Å². The van der Waals surface area contributed by atoms with Crippen LogP contribution in [-0.4, -0.2) is 17.0 Å². The fourth-order valence-electron chi connectivity index (χ4n) is 2.95. The van der Waals surface area contributed by atoms with Gasteiger partial charge in [-0.1, -0.05) is 6.92 Å². The first kappa shape index (κ1) is 14.1. The van der Waals surface area contributed by atoms with E-state index >= 15 is 0 Å². The summed E-state index contributed by atoms with van der Waals surface area (Å²) in [6.45, 7) is 4.39. The minimum absolute atomic E-state index is 0.110. The second kappa shape index (κ2) is 5.78. The van der Waals surface area contributed by atoms with Crippen molar-refractivity contribution >= 4 is 23.0 Å². The molecule has 0 bridgehead atoms. The highest BCUT2D eigenvalue weighted by Gasteiger charge is 2.31. The number of rotatable bonds is 4. The van der Waals surface area contributed by atoms with Crippen LogP contribution < -0.4 is 4.90 Å². The Balaban J connectivity index is 2.41. The van der Waals surface area contributed by atoms with Crippen molar-refractivity contribution in [3.63, 3.8) is 0 Å². The summed E-state index contributed by atoms with van der Waals surface area (Å²) in [6, 6.07) is 6.00. The van der Waals surface area contributed by atoms with Crippen LogP contribution in [0.25, 0.3) is 0 Å². The zero-order valence-corrected chi connectivity index (χ0v) is 12.1. The Bertz CT molecular complexity index is 479. The first-order chi connectivity index (χ1) is 9.08. The molecule has 4 nitrogen and oxygen atoms in total. The van der Waals surface area contributed by atoms with E-state index in [0.29, 0.717) is 18.0 Å². The number of anilines is 1. The van der Waals surface area contributed by atoms with E-state index in [4.69, 9.17) is 11.6 Å². The molecule has 0 saturated carbocycles. The van der Waals surface area contributed by atoms with Crippen molar-refractivity contribution in [2.75, 3.05) is 4.90 Å². The van der Waals surface area contributed by atoms with Crippen molar-refractivity contribution in [3.05, 3.63) is 33.9 Å². The fraction of sp³-hybridized carbons (Fsp3) is 0.571. The van der Waals surface area contributed by atoms with Crippen molar-refractivity contribution in [2.45, 2.75) is 51.1 Å². The lowest BCUT2D eigenvalue weighted by Crippen LogP contribution is -2.34. The van der Waals surface area contributed by atoms with Gasteiger partial charge >= 0.3 is 0 Å². The van der Waals surface area contributed by atoms with Crippen LogP contribution in [0.15, 0.2) is 18.2 Å². The van der Waals surface area contributed by atoms with E-state index in [1.54, 1.807) is 12.1 Å². The molecular weight excluding hydrogens is 264 g/mol. The smallest absolute Gasteiger partial charge is 0.269 e. The molecule has 1 aromatic carbocycles. The van der Waals surface area contributed by atoms with Crippen molar-refractivity contribution in [3.8, 4) is 0 Å². The van der Waals surface area contributed by atoms with Crippen LogP contribution in [-0.2, 0) is 5.88 Å². The van der Waals surface area contributed by atoms with Gasteiger partial charge in [-0.15, -0.1) is 11.6 Å². The second-order valence-electron chi connectivity index (χ2n) is 5.10. The number of nitrogens with zero attached hydrogens (tertiary/aromatic N) is 2. The van der Waals surface area contributed by atoms with Crippen LogP contribution in [0.4, 0.5) is 11.4 Å². The van der Waals surface area contributed by atoms with Crippen LogP contribution in [0, 0.1) is 10.1 Å². The molecule has 0 amide bonds. The van der Waals surface area contributed by atoms with Gasteiger partial charge in [-0.3, -0.25) is 10.1 Å². The maximum absolute atomic E-state index is 10.8. The SMILES string of the molecule is CCC1CCC(C)N1c1ccc([N+](=O)[O-])cc1CCl. The van der Waals surface area contributed by atoms with Crippen molar-refractivity contribution < 1.29 is 4.92 Å². The maximum Gasteiger partial charge on any atom is 0.269 e. The predicted molar refractivity (Wildman–Crippen MR) is 77.9 cm³/mol. The average molecular weight is 283 g/mol. The molecule has 0 aromatic heterocycles. The summed E-state index contributed by atoms with van der Waals surface area (Å²) in [4.78, 5) is 12.8. The molecule has 0 spiro atoms. The van der Waals surface area contributed by atoms with Crippen LogP contribution in [0.5, 0.6) is 0 Å². The molecule has 2 unspecified atom stereocenters. The molecule has 0 N–H and O–H groups in total. The number of nitro benzene ring substituents is 1. The minimum Gasteiger partial charge on any atom is -0.366 e. The van der Waals surface area contributed by atoms with Gasteiger partial charge in [-0.05, 0) is 37.8 Å². The number of hydrogen-bond acceptors (Lipinski definition) is 3. The van der Waals surface area contributed by atoms with E-state index < -0.39 is 0 Å². The monoisotopic (exact) mass is 282 g/mol. The third kappa shape index (κ3) is 2.68. The summed E-state index contributed by atoms with van der Waals surface area (Å²) < 4.78 is 0. The highest BCUT2D eigenvalue weighted by molar-refractivity contribution is 6.17. The van der Waals surface area contributed by atoms with Gasteiger partial charge < -0.3 is 4.90 Å².